The van der Waals surface area contributed by atoms with Crippen molar-refractivity contribution in [3.05, 3.63) is 23.8 Å². The van der Waals surface area contributed by atoms with Gasteiger partial charge in [-0.15, -0.1) is 0 Å². The Hall–Kier alpha value is -2.24. The minimum absolute atomic E-state index is 0.0864. The Morgan fingerprint density at radius 3 is 2.46 bits per heavy atom. The minimum atomic E-state index is -0.782. The summed E-state index contributed by atoms with van der Waals surface area (Å²) < 4.78 is 10.8. The van der Waals surface area contributed by atoms with Crippen molar-refractivity contribution in [2.45, 2.75) is 51.1 Å². The van der Waals surface area contributed by atoms with Crippen LogP contribution in [-0.4, -0.2) is 42.1 Å². The van der Waals surface area contributed by atoms with E-state index in [0.29, 0.717) is 19.4 Å². The summed E-state index contributed by atoms with van der Waals surface area (Å²) >= 11 is 0. The number of nitrogens with zero attached hydrogens (tertiary/aromatic N) is 1. The van der Waals surface area contributed by atoms with Gasteiger partial charge in [0.15, 0.2) is 0 Å². The summed E-state index contributed by atoms with van der Waals surface area (Å²) in [5.41, 5.74) is 0.915. The second kappa shape index (κ2) is 7.98. The lowest BCUT2D eigenvalue weighted by Crippen LogP contribution is -2.40. The topological polar surface area (TPSA) is 76.1 Å². The molecule has 6 nitrogen and oxygen atoms in total. The van der Waals surface area contributed by atoms with E-state index in [0.717, 1.165) is 42.7 Å². The third kappa shape index (κ3) is 4.11. The molecule has 2 aliphatic rings. The molecule has 0 aromatic heterocycles. The molecule has 1 N–H and O–H groups in total. The molecule has 2 aliphatic carbocycles. The zero-order valence-electron chi connectivity index (χ0n) is 15.4. The zero-order valence-corrected chi connectivity index (χ0v) is 15.4. The fourth-order valence-corrected chi connectivity index (χ4v) is 3.84. The summed E-state index contributed by atoms with van der Waals surface area (Å²) in [6, 6.07) is 5.85. The van der Waals surface area contributed by atoms with Crippen molar-refractivity contribution in [2.75, 3.05) is 14.2 Å². The molecule has 0 heterocycles. The SMILES string of the molecule is COc1ccc(OC)c(CN(C(=O)C2CCCC(C(=O)O)C2)C2CC2)c1. The maximum Gasteiger partial charge on any atom is 0.306 e. The van der Waals surface area contributed by atoms with Crippen molar-refractivity contribution in [3.8, 4) is 11.5 Å². The van der Waals surface area contributed by atoms with Crippen LogP contribution in [0.3, 0.4) is 0 Å². The van der Waals surface area contributed by atoms with Gasteiger partial charge in [-0.25, -0.2) is 0 Å². The van der Waals surface area contributed by atoms with Gasteiger partial charge in [0.1, 0.15) is 11.5 Å². The molecule has 2 saturated carbocycles. The molecule has 2 fully saturated rings. The van der Waals surface area contributed by atoms with Gasteiger partial charge in [0.2, 0.25) is 5.91 Å². The van der Waals surface area contributed by atoms with Crippen LogP contribution in [0, 0.1) is 11.8 Å². The van der Waals surface area contributed by atoms with Crippen LogP contribution in [0.5, 0.6) is 11.5 Å². The highest BCUT2D eigenvalue weighted by Crippen LogP contribution is 2.36. The van der Waals surface area contributed by atoms with Gasteiger partial charge < -0.3 is 19.5 Å². The van der Waals surface area contributed by atoms with Gasteiger partial charge in [0.25, 0.3) is 0 Å². The van der Waals surface area contributed by atoms with Crippen LogP contribution in [0.25, 0.3) is 0 Å². The van der Waals surface area contributed by atoms with Crippen molar-refractivity contribution >= 4 is 11.9 Å². The first-order valence-electron chi connectivity index (χ1n) is 9.27. The molecule has 0 spiro atoms. The highest BCUT2D eigenvalue weighted by atomic mass is 16.5. The third-order valence-corrected chi connectivity index (χ3v) is 5.47. The molecule has 0 aliphatic heterocycles. The molecule has 1 amide bonds. The van der Waals surface area contributed by atoms with Crippen molar-refractivity contribution in [1.29, 1.82) is 0 Å². The van der Waals surface area contributed by atoms with E-state index >= 15 is 0 Å². The monoisotopic (exact) mass is 361 g/mol. The number of methoxy groups -OCH3 is 2. The number of carbonyl (C=O) groups excluding carboxylic acids is 1. The Morgan fingerprint density at radius 1 is 1.12 bits per heavy atom. The van der Waals surface area contributed by atoms with Crippen molar-refractivity contribution in [3.63, 3.8) is 0 Å². The van der Waals surface area contributed by atoms with Crippen LogP contribution in [0.2, 0.25) is 0 Å². The molecule has 1 aromatic carbocycles. The van der Waals surface area contributed by atoms with E-state index in [-0.39, 0.29) is 17.9 Å². The Bertz CT molecular complexity index is 670. The first-order chi connectivity index (χ1) is 12.5. The number of aliphatic carboxylic acids is 1. The van der Waals surface area contributed by atoms with E-state index in [1.807, 2.05) is 23.1 Å². The van der Waals surface area contributed by atoms with Crippen molar-refractivity contribution in [1.82, 2.24) is 4.90 Å². The van der Waals surface area contributed by atoms with Crippen LogP contribution in [-0.2, 0) is 16.1 Å². The minimum Gasteiger partial charge on any atom is -0.497 e. The Labute approximate surface area is 154 Å². The van der Waals surface area contributed by atoms with Crippen LogP contribution in [0.4, 0.5) is 0 Å². The van der Waals surface area contributed by atoms with Crippen LogP contribution in [0.1, 0.15) is 44.1 Å². The van der Waals surface area contributed by atoms with Crippen molar-refractivity contribution in [2.24, 2.45) is 11.8 Å². The lowest BCUT2D eigenvalue weighted by atomic mass is 9.80. The van der Waals surface area contributed by atoms with Gasteiger partial charge in [0.05, 0.1) is 20.1 Å². The number of carboxylic acid groups (broad SMARTS) is 1. The quantitative estimate of drug-likeness (QED) is 0.808. The van der Waals surface area contributed by atoms with Gasteiger partial charge in [-0.3, -0.25) is 9.59 Å². The second-order valence-electron chi connectivity index (χ2n) is 7.27. The highest BCUT2D eigenvalue weighted by Gasteiger charge is 2.39. The summed E-state index contributed by atoms with van der Waals surface area (Å²) in [4.78, 5) is 26.4. The number of benzene rings is 1. The lowest BCUT2D eigenvalue weighted by Gasteiger charge is -2.32. The molecular formula is C20H27NO5. The van der Waals surface area contributed by atoms with E-state index < -0.39 is 11.9 Å². The van der Waals surface area contributed by atoms with E-state index in [2.05, 4.69) is 0 Å². The Kier molecular flexibility index (Phi) is 5.69. The molecule has 142 valence electrons. The Balaban J connectivity index is 1.77. The van der Waals surface area contributed by atoms with E-state index in [1.54, 1.807) is 14.2 Å². The summed E-state index contributed by atoms with van der Waals surface area (Å²) in [7, 11) is 3.23. The molecule has 0 saturated heterocycles. The van der Waals surface area contributed by atoms with E-state index in [4.69, 9.17) is 9.47 Å². The zero-order chi connectivity index (χ0) is 18.7. The number of carboxylic acids is 1. The summed E-state index contributed by atoms with van der Waals surface area (Å²) in [5, 5.41) is 9.30. The average Bonchev–Trinajstić information content (AvgIpc) is 3.50. The molecule has 2 atom stereocenters. The number of hydrogen-bond donors (Lipinski definition) is 1. The number of carbonyl (C=O) groups is 2. The molecule has 26 heavy (non-hydrogen) atoms. The molecule has 2 unspecified atom stereocenters. The largest absolute Gasteiger partial charge is 0.497 e. The summed E-state index contributed by atoms with van der Waals surface area (Å²) in [5.74, 6) is 0.175. The predicted octanol–water partition coefficient (Wildman–Crippen LogP) is 3.09. The molecule has 0 bridgehead atoms. The maximum absolute atomic E-state index is 13.2. The predicted molar refractivity (Wildman–Crippen MR) is 96.2 cm³/mol. The molecule has 6 heteroatoms. The molecular weight excluding hydrogens is 334 g/mol. The number of amides is 1. The van der Waals surface area contributed by atoms with Crippen molar-refractivity contribution < 1.29 is 24.2 Å². The average molecular weight is 361 g/mol. The number of ether oxygens (including phenoxy) is 2. The molecule has 0 radical (unpaired) electrons. The smallest absolute Gasteiger partial charge is 0.306 e. The fourth-order valence-electron chi connectivity index (χ4n) is 3.84. The van der Waals surface area contributed by atoms with Crippen LogP contribution < -0.4 is 9.47 Å². The number of hydrogen-bond acceptors (Lipinski definition) is 4. The van der Waals surface area contributed by atoms with E-state index in [1.165, 1.54) is 0 Å². The maximum atomic E-state index is 13.2. The van der Waals surface area contributed by atoms with Gasteiger partial charge >= 0.3 is 5.97 Å². The second-order valence-corrected chi connectivity index (χ2v) is 7.27. The van der Waals surface area contributed by atoms with Gasteiger partial charge in [-0.2, -0.15) is 0 Å². The standard InChI is InChI=1S/C20H27NO5/c1-25-17-8-9-18(26-2)15(11-17)12-21(16-6-7-16)19(22)13-4-3-5-14(10-13)20(23)24/h8-9,11,13-14,16H,3-7,10,12H2,1-2H3,(H,23,24). The first-order valence-corrected chi connectivity index (χ1v) is 9.27. The van der Waals surface area contributed by atoms with Crippen LogP contribution >= 0.6 is 0 Å². The molecule has 3 rings (SSSR count). The van der Waals surface area contributed by atoms with Gasteiger partial charge in [-0.1, -0.05) is 6.42 Å². The van der Waals surface area contributed by atoms with Gasteiger partial charge in [0, 0.05) is 24.1 Å². The number of rotatable bonds is 7. The first kappa shape index (κ1) is 18.5. The summed E-state index contributed by atoms with van der Waals surface area (Å²) in [6.07, 6.45) is 4.72. The Morgan fingerprint density at radius 2 is 1.85 bits per heavy atom. The van der Waals surface area contributed by atoms with E-state index in [9.17, 15) is 14.7 Å². The normalized spacial score (nSPS) is 22.5. The van der Waals surface area contributed by atoms with Gasteiger partial charge in [-0.05, 0) is 50.3 Å². The molecule has 1 aromatic rings. The van der Waals surface area contributed by atoms with Crippen LogP contribution in [0.15, 0.2) is 18.2 Å². The lowest BCUT2D eigenvalue weighted by molar-refractivity contribution is -0.145. The third-order valence-electron chi connectivity index (χ3n) is 5.47. The summed E-state index contributed by atoms with van der Waals surface area (Å²) in [6.45, 7) is 0.470. The fraction of sp³-hybridized carbons (Fsp3) is 0.600. The highest BCUT2D eigenvalue weighted by molar-refractivity contribution is 5.81.